The van der Waals surface area contributed by atoms with Gasteiger partial charge in [0, 0.05) is 0 Å². The van der Waals surface area contributed by atoms with Gasteiger partial charge in [0.15, 0.2) is 5.78 Å². The van der Waals surface area contributed by atoms with Crippen molar-refractivity contribution in [1.82, 2.24) is 5.32 Å². The molecule has 0 rings (SSSR count). The summed E-state index contributed by atoms with van der Waals surface area (Å²) in [5.41, 5.74) is 0. The van der Waals surface area contributed by atoms with Gasteiger partial charge < -0.3 is 10.4 Å². The zero-order valence-corrected chi connectivity index (χ0v) is 5.34. The first-order valence-electron chi connectivity index (χ1n) is 2.54. The number of Topliss-reactive ketones (excluding diaryl/α,β-unsaturated/α-hetero) is 1. The van der Waals surface area contributed by atoms with Gasteiger partial charge >= 0.3 is 6.09 Å². The van der Waals surface area contributed by atoms with Crippen LogP contribution in [0.1, 0.15) is 13.8 Å². The lowest BCUT2D eigenvalue weighted by Crippen LogP contribution is -2.36. The van der Waals surface area contributed by atoms with Crippen molar-refractivity contribution in [2.75, 3.05) is 0 Å². The molecule has 0 aromatic rings. The molecule has 1 amide bonds. The molecule has 0 heterocycles. The van der Waals surface area contributed by atoms with E-state index < -0.39 is 12.1 Å². The van der Waals surface area contributed by atoms with Crippen molar-refractivity contribution in [2.45, 2.75) is 19.9 Å². The first-order chi connectivity index (χ1) is 4.04. The minimum atomic E-state index is -1.17. The summed E-state index contributed by atoms with van der Waals surface area (Å²) in [5.74, 6) is -0.183. The quantitative estimate of drug-likeness (QED) is 0.563. The molecule has 0 saturated heterocycles. The van der Waals surface area contributed by atoms with Crippen LogP contribution in [0.3, 0.4) is 0 Å². The van der Waals surface area contributed by atoms with Crippen LogP contribution >= 0.6 is 0 Å². The molecule has 0 radical (unpaired) electrons. The first-order valence-corrected chi connectivity index (χ1v) is 2.54. The molecule has 4 nitrogen and oxygen atoms in total. The Labute approximate surface area is 52.9 Å². The highest BCUT2D eigenvalue weighted by molar-refractivity contribution is 5.84. The highest BCUT2D eigenvalue weighted by Crippen LogP contribution is 1.81. The van der Waals surface area contributed by atoms with E-state index in [0.717, 1.165) is 0 Å². The Morgan fingerprint density at radius 2 is 2.00 bits per heavy atom. The first kappa shape index (κ1) is 7.94. The van der Waals surface area contributed by atoms with Gasteiger partial charge in [-0.25, -0.2) is 4.79 Å². The Bertz CT molecular complexity index is 132. The fourth-order valence-electron chi connectivity index (χ4n) is 0.287. The molecule has 0 aromatic carbocycles. The topological polar surface area (TPSA) is 66.4 Å². The highest BCUT2D eigenvalue weighted by Gasteiger charge is 2.08. The summed E-state index contributed by atoms with van der Waals surface area (Å²) in [6, 6.07) is -0.595. The Morgan fingerprint density at radius 1 is 1.56 bits per heavy atom. The molecule has 0 saturated carbocycles. The molecule has 0 bridgehead atoms. The molecule has 0 aliphatic heterocycles. The van der Waals surface area contributed by atoms with Crippen molar-refractivity contribution in [3.05, 3.63) is 0 Å². The van der Waals surface area contributed by atoms with Gasteiger partial charge in [-0.3, -0.25) is 4.79 Å². The van der Waals surface area contributed by atoms with Crippen LogP contribution in [0.5, 0.6) is 0 Å². The summed E-state index contributed by atoms with van der Waals surface area (Å²) in [6.07, 6.45) is -1.17. The van der Waals surface area contributed by atoms with Crippen LogP contribution in [0.4, 0.5) is 4.79 Å². The number of rotatable bonds is 2. The van der Waals surface area contributed by atoms with Crippen molar-refractivity contribution in [3.8, 4) is 0 Å². The number of hydrogen-bond acceptors (Lipinski definition) is 2. The molecule has 0 unspecified atom stereocenters. The maximum atomic E-state index is 10.4. The van der Waals surface area contributed by atoms with Crippen LogP contribution in [0.25, 0.3) is 0 Å². The van der Waals surface area contributed by atoms with E-state index in [1.54, 1.807) is 0 Å². The van der Waals surface area contributed by atoms with Crippen molar-refractivity contribution in [2.24, 2.45) is 0 Å². The molecule has 0 aliphatic rings. The number of amides is 1. The van der Waals surface area contributed by atoms with Crippen LogP contribution in [-0.4, -0.2) is 23.0 Å². The summed E-state index contributed by atoms with van der Waals surface area (Å²) in [7, 11) is 0. The van der Waals surface area contributed by atoms with E-state index in [0.29, 0.717) is 0 Å². The van der Waals surface area contributed by atoms with Gasteiger partial charge in [-0.15, -0.1) is 0 Å². The molecule has 0 spiro atoms. The Balaban J connectivity index is 3.63. The predicted octanol–water partition coefficient (Wildman–Crippen LogP) is 0.232. The Hall–Kier alpha value is -1.06. The normalized spacial score (nSPS) is 12.2. The molecule has 2 N–H and O–H groups in total. The number of hydrogen-bond donors (Lipinski definition) is 2. The van der Waals surface area contributed by atoms with E-state index in [1.807, 2.05) is 5.32 Å². The second kappa shape index (κ2) is 3.06. The second-order valence-corrected chi connectivity index (χ2v) is 1.78. The molecule has 1 atom stereocenters. The molecule has 0 fully saturated rings. The second-order valence-electron chi connectivity index (χ2n) is 1.78. The number of carbonyl (C=O) groups is 2. The third-order valence-corrected chi connectivity index (χ3v) is 0.950. The zero-order chi connectivity index (χ0) is 7.44. The van der Waals surface area contributed by atoms with E-state index >= 15 is 0 Å². The van der Waals surface area contributed by atoms with E-state index in [1.165, 1.54) is 13.8 Å². The van der Waals surface area contributed by atoms with E-state index in [4.69, 9.17) is 5.11 Å². The maximum absolute atomic E-state index is 10.4. The largest absolute Gasteiger partial charge is 0.465 e. The minimum absolute atomic E-state index is 0.183. The van der Waals surface area contributed by atoms with Crippen molar-refractivity contribution in [1.29, 1.82) is 0 Å². The SMILES string of the molecule is CC(=O)[C@H](C)NC(=O)O. The minimum Gasteiger partial charge on any atom is -0.465 e. The lowest BCUT2D eigenvalue weighted by molar-refractivity contribution is -0.118. The summed E-state index contributed by atoms with van der Waals surface area (Å²) in [5, 5.41) is 10.1. The molecular weight excluding hydrogens is 122 g/mol. The lowest BCUT2D eigenvalue weighted by atomic mass is 10.2. The van der Waals surface area contributed by atoms with Gasteiger partial charge in [-0.05, 0) is 13.8 Å². The van der Waals surface area contributed by atoms with Crippen LogP contribution in [0.2, 0.25) is 0 Å². The summed E-state index contributed by atoms with van der Waals surface area (Å²) < 4.78 is 0. The predicted molar refractivity (Wildman–Crippen MR) is 31.3 cm³/mol. The van der Waals surface area contributed by atoms with Crippen LogP contribution < -0.4 is 5.32 Å². The maximum Gasteiger partial charge on any atom is 0.405 e. The van der Waals surface area contributed by atoms with Gasteiger partial charge in [0.05, 0.1) is 6.04 Å². The number of carbonyl (C=O) groups excluding carboxylic acids is 1. The van der Waals surface area contributed by atoms with Gasteiger partial charge in [0.1, 0.15) is 0 Å². The number of nitrogens with one attached hydrogen (secondary N) is 1. The average Bonchev–Trinajstić information content (AvgIpc) is 1.63. The third kappa shape index (κ3) is 3.52. The van der Waals surface area contributed by atoms with Gasteiger partial charge in [-0.2, -0.15) is 0 Å². The molecular formula is C5H9NO3. The molecule has 52 valence electrons. The molecule has 9 heavy (non-hydrogen) atoms. The summed E-state index contributed by atoms with van der Waals surface area (Å²) >= 11 is 0. The number of ketones is 1. The molecule has 0 aliphatic carbocycles. The summed E-state index contributed by atoms with van der Waals surface area (Å²) in [6.45, 7) is 2.83. The standard InChI is InChI=1S/C5H9NO3/c1-3(4(2)7)6-5(8)9/h3,6H,1-2H3,(H,8,9)/t3-/m0/s1. The monoisotopic (exact) mass is 131 g/mol. The van der Waals surface area contributed by atoms with E-state index in [2.05, 4.69) is 0 Å². The smallest absolute Gasteiger partial charge is 0.405 e. The van der Waals surface area contributed by atoms with Crippen LogP contribution in [-0.2, 0) is 4.79 Å². The molecule has 0 aromatic heterocycles. The summed E-state index contributed by atoms with van der Waals surface area (Å²) in [4.78, 5) is 20.2. The van der Waals surface area contributed by atoms with Crippen molar-refractivity contribution in [3.63, 3.8) is 0 Å². The van der Waals surface area contributed by atoms with Crippen molar-refractivity contribution < 1.29 is 14.7 Å². The van der Waals surface area contributed by atoms with E-state index in [-0.39, 0.29) is 5.78 Å². The van der Waals surface area contributed by atoms with Gasteiger partial charge in [0.2, 0.25) is 0 Å². The number of carboxylic acid groups (broad SMARTS) is 1. The van der Waals surface area contributed by atoms with E-state index in [9.17, 15) is 9.59 Å². The van der Waals surface area contributed by atoms with Gasteiger partial charge in [-0.1, -0.05) is 0 Å². The highest BCUT2D eigenvalue weighted by atomic mass is 16.4. The van der Waals surface area contributed by atoms with Gasteiger partial charge in [0.25, 0.3) is 0 Å². The fraction of sp³-hybridized carbons (Fsp3) is 0.600. The fourth-order valence-corrected chi connectivity index (χ4v) is 0.287. The van der Waals surface area contributed by atoms with Crippen LogP contribution in [0, 0.1) is 0 Å². The Kier molecular flexibility index (Phi) is 2.70. The van der Waals surface area contributed by atoms with Crippen LogP contribution in [0.15, 0.2) is 0 Å². The third-order valence-electron chi connectivity index (χ3n) is 0.950. The van der Waals surface area contributed by atoms with Crippen molar-refractivity contribution >= 4 is 11.9 Å². The zero-order valence-electron chi connectivity index (χ0n) is 5.34. The Morgan fingerprint density at radius 3 is 2.11 bits per heavy atom. The molecule has 4 heteroatoms. The lowest BCUT2D eigenvalue weighted by Gasteiger charge is -2.04. The average molecular weight is 131 g/mol.